The number of halogens is 1. The number of carbonyl (C=O) groups excluding carboxylic acids is 1. The predicted octanol–water partition coefficient (Wildman–Crippen LogP) is 7.01. The second kappa shape index (κ2) is 13.0. The van der Waals surface area contributed by atoms with E-state index < -0.39 is 23.2 Å². The molecule has 1 amide bonds. The molecule has 0 saturated heterocycles. The van der Waals surface area contributed by atoms with Gasteiger partial charge in [-0.3, -0.25) is 14.5 Å². The summed E-state index contributed by atoms with van der Waals surface area (Å²) in [6.45, 7) is 9.27. The van der Waals surface area contributed by atoms with Crippen molar-refractivity contribution in [3.05, 3.63) is 102 Å². The van der Waals surface area contributed by atoms with Gasteiger partial charge in [0.2, 0.25) is 5.91 Å². The van der Waals surface area contributed by atoms with Crippen molar-refractivity contribution in [2.24, 2.45) is 5.41 Å². The number of para-hydroxylation sites is 2. The van der Waals surface area contributed by atoms with Crippen molar-refractivity contribution in [1.82, 2.24) is 0 Å². The van der Waals surface area contributed by atoms with Crippen molar-refractivity contribution in [2.45, 2.75) is 46.1 Å². The van der Waals surface area contributed by atoms with Crippen LogP contribution in [0.15, 0.2) is 84.6 Å². The first-order chi connectivity index (χ1) is 20.5. The fraction of sp³-hybridized carbons (Fsp3) is 0.294. The number of nitrogens with zero attached hydrogens (tertiary/aromatic N) is 1. The summed E-state index contributed by atoms with van der Waals surface area (Å²) >= 11 is 0. The van der Waals surface area contributed by atoms with Crippen LogP contribution in [0.5, 0.6) is 17.2 Å². The lowest BCUT2D eigenvalue weighted by atomic mass is 9.82. The Hall–Kier alpha value is -4.79. The number of allylic oxidation sites excluding steroid dienone is 1. The molecule has 43 heavy (non-hydrogen) atoms. The highest BCUT2D eigenvalue weighted by atomic mass is 19.1. The molecule has 0 spiro atoms. The van der Waals surface area contributed by atoms with Crippen LogP contribution in [0.25, 0.3) is 0 Å². The average molecular weight is 589 g/mol. The van der Waals surface area contributed by atoms with Gasteiger partial charge in [-0.05, 0) is 54.7 Å². The van der Waals surface area contributed by atoms with E-state index in [0.717, 1.165) is 0 Å². The third-order valence-electron chi connectivity index (χ3n) is 7.42. The van der Waals surface area contributed by atoms with E-state index in [4.69, 9.17) is 9.47 Å². The van der Waals surface area contributed by atoms with Gasteiger partial charge in [-0.25, -0.2) is 4.39 Å². The van der Waals surface area contributed by atoms with E-state index in [1.54, 1.807) is 49.4 Å². The van der Waals surface area contributed by atoms with Crippen molar-refractivity contribution in [3.8, 4) is 17.2 Å². The lowest BCUT2D eigenvalue weighted by Crippen LogP contribution is -2.37. The van der Waals surface area contributed by atoms with Crippen molar-refractivity contribution in [2.75, 3.05) is 23.9 Å². The zero-order valence-corrected chi connectivity index (χ0v) is 24.8. The lowest BCUT2D eigenvalue weighted by molar-refractivity contribution is -0.139. The van der Waals surface area contributed by atoms with E-state index in [9.17, 15) is 19.8 Å². The summed E-state index contributed by atoms with van der Waals surface area (Å²) in [6, 6.07) is 15.5. The molecule has 0 radical (unpaired) electrons. The first-order valence-electron chi connectivity index (χ1n) is 13.9. The standard InChI is InChI=1S/C34H37FN2O6/c1-6-16-43-23-14-15-24(25(35)18-23)33-21(2)26(19-34(3,4)20-31(40)41)36-32-27(11-9-12-28(32)38)37(33)30(39)17-22-10-7-8-13-29(22)42-5/h6-15,18,33,36,38H,1,16-17,19-20H2,2-5H3,(H,40,41). The number of rotatable bonds is 11. The van der Waals surface area contributed by atoms with Gasteiger partial charge in [0, 0.05) is 22.9 Å². The number of ether oxygens (including phenoxy) is 2. The molecule has 3 aromatic carbocycles. The van der Waals surface area contributed by atoms with Crippen molar-refractivity contribution in [1.29, 1.82) is 0 Å². The number of aliphatic carboxylic acids is 1. The molecule has 1 unspecified atom stereocenters. The maximum atomic E-state index is 16.0. The summed E-state index contributed by atoms with van der Waals surface area (Å²) < 4.78 is 27.0. The Kier molecular flexibility index (Phi) is 9.43. The number of amides is 1. The highest BCUT2D eigenvalue weighted by molar-refractivity contribution is 6.01. The van der Waals surface area contributed by atoms with Crippen LogP contribution in [0.1, 0.15) is 50.8 Å². The summed E-state index contributed by atoms with van der Waals surface area (Å²) in [6.07, 6.45) is 1.63. The number of hydrogen-bond donors (Lipinski definition) is 3. The molecule has 4 rings (SSSR count). The third-order valence-corrected chi connectivity index (χ3v) is 7.42. The number of carboxylic acid groups (broad SMARTS) is 1. The normalized spacial score (nSPS) is 14.8. The maximum absolute atomic E-state index is 16.0. The van der Waals surface area contributed by atoms with Gasteiger partial charge < -0.3 is 25.0 Å². The molecular formula is C34H37FN2O6. The molecule has 1 heterocycles. The Morgan fingerprint density at radius 1 is 1.14 bits per heavy atom. The summed E-state index contributed by atoms with van der Waals surface area (Å²) in [5, 5.41) is 23.8. The zero-order valence-electron chi connectivity index (χ0n) is 24.8. The van der Waals surface area contributed by atoms with E-state index >= 15 is 4.39 Å². The van der Waals surface area contributed by atoms with E-state index in [2.05, 4.69) is 11.9 Å². The minimum Gasteiger partial charge on any atom is -0.506 e. The van der Waals surface area contributed by atoms with Gasteiger partial charge in [0.05, 0.1) is 31.7 Å². The molecule has 0 bridgehead atoms. The highest BCUT2D eigenvalue weighted by Crippen LogP contribution is 2.48. The van der Waals surface area contributed by atoms with Gasteiger partial charge in [-0.1, -0.05) is 50.8 Å². The summed E-state index contributed by atoms with van der Waals surface area (Å²) in [5.41, 5.74) is 1.95. The number of anilines is 2. The van der Waals surface area contributed by atoms with Crippen molar-refractivity contribution in [3.63, 3.8) is 0 Å². The first-order valence-corrected chi connectivity index (χ1v) is 13.9. The molecule has 1 atom stereocenters. The van der Waals surface area contributed by atoms with Gasteiger partial charge in [-0.2, -0.15) is 0 Å². The molecule has 3 aromatic rings. The number of hydrogen-bond acceptors (Lipinski definition) is 6. The molecule has 9 heteroatoms. The average Bonchev–Trinajstić information content (AvgIpc) is 3.06. The predicted molar refractivity (Wildman–Crippen MR) is 164 cm³/mol. The van der Waals surface area contributed by atoms with Crippen LogP contribution < -0.4 is 19.7 Å². The second-order valence-corrected chi connectivity index (χ2v) is 11.3. The minimum atomic E-state index is -0.952. The molecule has 0 fully saturated rings. The first kappa shape index (κ1) is 31.2. The van der Waals surface area contributed by atoms with E-state index in [0.29, 0.717) is 34.0 Å². The number of carbonyl (C=O) groups is 2. The number of methoxy groups -OCH3 is 1. The monoisotopic (exact) mass is 588 g/mol. The molecule has 0 saturated carbocycles. The molecule has 1 aliphatic heterocycles. The highest BCUT2D eigenvalue weighted by Gasteiger charge is 2.38. The summed E-state index contributed by atoms with van der Waals surface area (Å²) in [4.78, 5) is 27.5. The quantitative estimate of drug-likeness (QED) is 0.163. The van der Waals surface area contributed by atoms with Crippen LogP contribution >= 0.6 is 0 Å². The number of carboxylic acids is 1. The Morgan fingerprint density at radius 2 is 1.88 bits per heavy atom. The molecule has 226 valence electrons. The Morgan fingerprint density at radius 3 is 2.56 bits per heavy atom. The number of phenols is 1. The SMILES string of the molecule is C=CCOc1ccc(C2C(C)=C(CC(C)(C)CC(=O)O)Nc3c(O)cccc3N2C(=O)Cc2ccccc2OC)c(F)c1. The topological polar surface area (TPSA) is 108 Å². The van der Waals surface area contributed by atoms with Gasteiger partial charge in [0.15, 0.2) is 0 Å². The largest absolute Gasteiger partial charge is 0.506 e. The molecular weight excluding hydrogens is 551 g/mol. The summed E-state index contributed by atoms with van der Waals surface area (Å²) in [7, 11) is 1.53. The van der Waals surface area contributed by atoms with E-state index in [-0.39, 0.29) is 48.8 Å². The number of benzene rings is 3. The second-order valence-electron chi connectivity index (χ2n) is 11.3. The van der Waals surface area contributed by atoms with Crippen molar-refractivity contribution < 1.29 is 33.7 Å². The number of nitrogens with one attached hydrogen (secondary N) is 1. The van der Waals surface area contributed by atoms with Crippen LogP contribution in [-0.2, 0) is 16.0 Å². The molecule has 8 nitrogen and oxygen atoms in total. The molecule has 0 aromatic heterocycles. The maximum Gasteiger partial charge on any atom is 0.303 e. The smallest absolute Gasteiger partial charge is 0.303 e. The minimum absolute atomic E-state index is 0.0646. The number of aromatic hydroxyl groups is 1. The fourth-order valence-corrected chi connectivity index (χ4v) is 5.46. The van der Waals surface area contributed by atoms with Gasteiger partial charge in [0.25, 0.3) is 0 Å². The van der Waals surface area contributed by atoms with E-state index in [1.807, 2.05) is 26.0 Å². The Bertz CT molecular complexity index is 1560. The fourth-order valence-electron chi connectivity index (χ4n) is 5.46. The third kappa shape index (κ3) is 6.99. The van der Waals surface area contributed by atoms with Crippen LogP contribution in [0.4, 0.5) is 15.8 Å². The number of fused-ring (bicyclic) bond motifs is 1. The van der Waals surface area contributed by atoms with E-state index in [1.165, 1.54) is 24.1 Å². The van der Waals surface area contributed by atoms with Gasteiger partial charge >= 0.3 is 5.97 Å². The summed E-state index contributed by atoms with van der Waals surface area (Å²) in [5.74, 6) is -1.17. The van der Waals surface area contributed by atoms with Gasteiger partial charge in [-0.15, -0.1) is 0 Å². The van der Waals surface area contributed by atoms with Crippen LogP contribution in [0.2, 0.25) is 0 Å². The molecule has 3 N–H and O–H groups in total. The van der Waals surface area contributed by atoms with Crippen LogP contribution in [0, 0.1) is 11.2 Å². The zero-order chi connectivity index (χ0) is 31.3. The Labute approximate surface area is 251 Å². The van der Waals surface area contributed by atoms with Gasteiger partial charge in [0.1, 0.15) is 35.4 Å². The van der Waals surface area contributed by atoms with Crippen LogP contribution in [0.3, 0.4) is 0 Å². The Balaban J connectivity index is 1.94. The lowest BCUT2D eigenvalue weighted by Gasteiger charge is -2.33. The number of phenolic OH excluding ortho intramolecular Hbond substituents is 1. The van der Waals surface area contributed by atoms with Crippen LogP contribution in [-0.4, -0.2) is 35.8 Å². The van der Waals surface area contributed by atoms with Crippen molar-refractivity contribution >= 4 is 23.3 Å². The molecule has 0 aliphatic carbocycles. The molecule has 1 aliphatic rings.